The lowest BCUT2D eigenvalue weighted by Gasteiger charge is -2.12. The molecule has 1 aliphatic carbocycles. The van der Waals surface area contributed by atoms with Gasteiger partial charge in [0.2, 0.25) is 5.69 Å². The van der Waals surface area contributed by atoms with Gasteiger partial charge in [-0.2, -0.15) is 9.78 Å². The van der Waals surface area contributed by atoms with Crippen molar-refractivity contribution in [3.05, 3.63) is 91.2 Å². The van der Waals surface area contributed by atoms with Crippen molar-refractivity contribution in [1.29, 1.82) is 0 Å². The van der Waals surface area contributed by atoms with Gasteiger partial charge in [0.05, 0.1) is 12.2 Å². The minimum atomic E-state index is -0.715. The van der Waals surface area contributed by atoms with Gasteiger partial charge in [-0.3, -0.25) is 14.2 Å². The van der Waals surface area contributed by atoms with Crippen LogP contribution in [0.3, 0.4) is 0 Å². The van der Waals surface area contributed by atoms with Crippen LogP contribution in [0.2, 0.25) is 5.02 Å². The second-order valence-electron chi connectivity index (χ2n) is 7.15. The fourth-order valence-corrected chi connectivity index (χ4v) is 3.23. The Kier molecular flexibility index (Phi) is 5.07. The zero-order valence-electron chi connectivity index (χ0n) is 15.8. The summed E-state index contributed by atoms with van der Waals surface area (Å²) in [4.78, 5) is 38.7. The lowest BCUT2D eigenvalue weighted by molar-refractivity contribution is 0.0941. The van der Waals surface area contributed by atoms with Gasteiger partial charge in [-0.15, -0.1) is 0 Å². The predicted octanol–water partition coefficient (Wildman–Crippen LogP) is 2.30. The van der Waals surface area contributed by atoms with Crippen molar-refractivity contribution in [2.24, 2.45) is 0 Å². The Morgan fingerprint density at radius 2 is 1.93 bits per heavy atom. The maximum atomic E-state index is 13.1. The summed E-state index contributed by atoms with van der Waals surface area (Å²) in [5, 5.41) is 7.26. The van der Waals surface area contributed by atoms with Crippen molar-refractivity contribution in [2.75, 3.05) is 0 Å². The van der Waals surface area contributed by atoms with Gasteiger partial charge in [-0.25, -0.2) is 4.79 Å². The van der Waals surface area contributed by atoms with E-state index in [2.05, 4.69) is 10.4 Å². The first-order valence-corrected chi connectivity index (χ1v) is 9.67. The van der Waals surface area contributed by atoms with Crippen LogP contribution in [-0.2, 0) is 6.54 Å². The van der Waals surface area contributed by atoms with E-state index < -0.39 is 17.2 Å². The van der Waals surface area contributed by atoms with E-state index >= 15 is 0 Å². The Morgan fingerprint density at radius 3 is 2.62 bits per heavy atom. The highest BCUT2D eigenvalue weighted by Crippen LogP contribution is 2.19. The molecule has 0 aliphatic heterocycles. The van der Waals surface area contributed by atoms with E-state index in [-0.39, 0.29) is 18.3 Å². The summed E-state index contributed by atoms with van der Waals surface area (Å²) in [5.74, 6) is -0.578. The third kappa shape index (κ3) is 4.14. The Hall–Kier alpha value is -3.19. The molecule has 1 heterocycles. The number of nitrogens with one attached hydrogen (secondary N) is 1. The van der Waals surface area contributed by atoms with Crippen LogP contribution < -0.4 is 16.6 Å². The number of rotatable bonds is 5. The molecule has 1 N–H and O–H groups in total. The van der Waals surface area contributed by atoms with Gasteiger partial charge in [0.25, 0.3) is 11.5 Å². The topological polar surface area (TPSA) is 86.0 Å². The van der Waals surface area contributed by atoms with Gasteiger partial charge in [0.15, 0.2) is 0 Å². The number of halogens is 1. The molecule has 1 saturated carbocycles. The molecule has 0 saturated heterocycles. The van der Waals surface area contributed by atoms with Crippen molar-refractivity contribution in [3.63, 3.8) is 0 Å². The molecule has 0 unspecified atom stereocenters. The summed E-state index contributed by atoms with van der Waals surface area (Å²) in [6.07, 6.45) is 1.74. The minimum absolute atomic E-state index is 0.0339. The fraction of sp³-hybridized carbons (Fsp3) is 0.238. The number of aromatic nitrogens is 3. The predicted molar refractivity (Wildman–Crippen MR) is 110 cm³/mol. The van der Waals surface area contributed by atoms with Crippen LogP contribution in [0.15, 0.2) is 58.1 Å². The summed E-state index contributed by atoms with van der Waals surface area (Å²) in [6.45, 7) is 1.96. The first-order valence-electron chi connectivity index (χ1n) is 9.29. The molecule has 0 atom stereocenters. The molecular weight excluding hydrogens is 392 g/mol. The molecule has 8 heteroatoms. The van der Waals surface area contributed by atoms with Crippen LogP contribution in [0.5, 0.6) is 0 Å². The SMILES string of the molecule is Cc1cccc(Cn2c(=O)c(C(=O)NC3CC3)nn(-c3cccc(Cl)c3)c2=O)c1. The summed E-state index contributed by atoms with van der Waals surface area (Å²) in [5.41, 5.74) is 0.493. The molecule has 148 valence electrons. The van der Waals surface area contributed by atoms with Crippen LogP contribution in [0.25, 0.3) is 5.69 Å². The van der Waals surface area contributed by atoms with E-state index in [1.165, 1.54) is 0 Å². The lowest BCUT2D eigenvalue weighted by atomic mass is 10.1. The summed E-state index contributed by atoms with van der Waals surface area (Å²) in [6, 6.07) is 14.1. The molecule has 0 spiro atoms. The maximum absolute atomic E-state index is 13.1. The normalized spacial score (nSPS) is 13.3. The third-order valence-electron chi connectivity index (χ3n) is 4.66. The van der Waals surface area contributed by atoms with Crippen LogP contribution in [0, 0.1) is 6.92 Å². The first-order chi connectivity index (χ1) is 13.9. The Balaban J connectivity index is 1.87. The standard InChI is InChI=1S/C21H19ClN4O3/c1-13-4-2-5-14(10-13)12-25-20(28)18(19(27)23-16-8-9-16)24-26(21(25)29)17-7-3-6-15(22)11-17/h2-7,10-11,16H,8-9,12H2,1H3,(H,23,27). The molecule has 0 radical (unpaired) electrons. The van der Waals surface area contributed by atoms with E-state index in [1.807, 2.05) is 31.2 Å². The third-order valence-corrected chi connectivity index (χ3v) is 4.90. The van der Waals surface area contributed by atoms with Crippen LogP contribution in [0.4, 0.5) is 0 Å². The monoisotopic (exact) mass is 410 g/mol. The van der Waals surface area contributed by atoms with Crippen molar-refractivity contribution in [3.8, 4) is 5.69 Å². The number of benzene rings is 2. The second kappa shape index (κ2) is 7.67. The highest BCUT2D eigenvalue weighted by molar-refractivity contribution is 6.30. The van der Waals surface area contributed by atoms with Crippen molar-refractivity contribution in [2.45, 2.75) is 32.4 Å². The average Bonchev–Trinajstić information content (AvgIpc) is 3.49. The zero-order chi connectivity index (χ0) is 20.5. The van der Waals surface area contributed by atoms with Crippen molar-refractivity contribution >= 4 is 17.5 Å². The Bertz CT molecular complexity index is 1210. The highest BCUT2D eigenvalue weighted by Gasteiger charge is 2.27. The van der Waals surface area contributed by atoms with Crippen molar-refractivity contribution < 1.29 is 4.79 Å². The van der Waals surface area contributed by atoms with Gasteiger partial charge < -0.3 is 5.32 Å². The summed E-state index contributed by atoms with van der Waals surface area (Å²) >= 11 is 6.05. The van der Waals surface area contributed by atoms with E-state index in [1.54, 1.807) is 24.3 Å². The van der Waals surface area contributed by atoms with E-state index in [0.29, 0.717) is 10.7 Å². The maximum Gasteiger partial charge on any atom is 0.352 e. The van der Waals surface area contributed by atoms with Gasteiger partial charge in [0, 0.05) is 11.1 Å². The molecule has 7 nitrogen and oxygen atoms in total. The molecule has 1 amide bonds. The van der Waals surface area contributed by atoms with Gasteiger partial charge >= 0.3 is 5.69 Å². The van der Waals surface area contributed by atoms with Crippen LogP contribution in [-0.4, -0.2) is 26.3 Å². The van der Waals surface area contributed by atoms with E-state index in [4.69, 9.17) is 11.6 Å². The molecule has 29 heavy (non-hydrogen) atoms. The largest absolute Gasteiger partial charge is 0.352 e. The highest BCUT2D eigenvalue weighted by atomic mass is 35.5. The number of hydrogen-bond donors (Lipinski definition) is 1. The minimum Gasteiger partial charge on any atom is -0.348 e. The summed E-state index contributed by atoms with van der Waals surface area (Å²) < 4.78 is 2.08. The number of amides is 1. The molecule has 2 aromatic carbocycles. The van der Waals surface area contributed by atoms with E-state index in [9.17, 15) is 14.4 Å². The number of nitrogens with zero attached hydrogens (tertiary/aromatic N) is 3. The van der Waals surface area contributed by atoms with Crippen LogP contribution >= 0.6 is 11.6 Å². The van der Waals surface area contributed by atoms with Gasteiger partial charge in [-0.05, 0) is 43.5 Å². The molecule has 0 bridgehead atoms. The van der Waals surface area contributed by atoms with Gasteiger partial charge in [0.1, 0.15) is 0 Å². The fourth-order valence-electron chi connectivity index (χ4n) is 3.05. The molecule has 4 rings (SSSR count). The quantitative estimate of drug-likeness (QED) is 0.699. The summed E-state index contributed by atoms with van der Waals surface area (Å²) in [7, 11) is 0. The molecule has 1 aliphatic rings. The van der Waals surface area contributed by atoms with Gasteiger partial charge in [-0.1, -0.05) is 47.5 Å². The second-order valence-corrected chi connectivity index (χ2v) is 7.59. The Labute approximate surface area is 171 Å². The lowest BCUT2D eigenvalue weighted by Crippen LogP contribution is -2.46. The van der Waals surface area contributed by atoms with Crippen molar-refractivity contribution in [1.82, 2.24) is 19.7 Å². The first kappa shape index (κ1) is 19.1. The average molecular weight is 411 g/mol. The smallest absolute Gasteiger partial charge is 0.348 e. The number of aryl methyl sites for hydroxylation is 1. The molecule has 1 fully saturated rings. The molecule has 1 aromatic heterocycles. The number of carbonyl (C=O) groups is 1. The zero-order valence-corrected chi connectivity index (χ0v) is 16.5. The number of hydrogen-bond acceptors (Lipinski definition) is 4. The Morgan fingerprint density at radius 1 is 1.17 bits per heavy atom. The molecular formula is C21H19ClN4O3. The number of carbonyl (C=O) groups excluding carboxylic acids is 1. The van der Waals surface area contributed by atoms with E-state index in [0.717, 1.165) is 33.2 Å². The molecule has 3 aromatic rings. The van der Waals surface area contributed by atoms with Crippen LogP contribution in [0.1, 0.15) is 34.5 Å².